The van der Waals surface area contributed by atoms with Crippen LogP contribution in [0, 0.1) is 4.77 Å². The molecule has 1 unspecified atom stereocenters. The Bertz CT molecular complexity index is 1110. The van der Waals surface area contributed by atoms with E-state index in [1.807, 2.05) is 56.5 Å². The summed E-state index contributed by atoms with van der Waals surface area (Å²) in [5, 5.41) is 0.603. The van der Waals surface area contributed by atoms with E-state index in [0.717, 1.165) is 16.6 Å². The molecule has 0 amide bonds. The molecule has 28 heavy (non-hydrogen) atoms. The van der Waals surface area contributed by atoms with Crippen molar-refractivity contribution in [3.63, 3.8) is 0 Å². The number of hydrogen-bond donors (Lipinski definition) is 3. The van der Waals surface area contributed by atoms with E-state index in [4.69, 9.17) is 23.8 Å². The van der Waals surface area contributed by atoms with E-state index in [-0.39, 0.29) is 16.3 Å². The quantitative estimate of drug-likeness (QED) is 0.411. The van der Waals surface area contributed by atoms with E-state index < -0.39 is 11.4 Å². The molecule has 0 bridgehead atoms. The number of H-pyrrole nitrogens is 2. The Balaban J connectivity index is 2.02. The van der Waals surface area contributed by atoms with Gasteiger partial charge in [-0.05, 0) is 69.2 Å². The highest BCUT2D eigenvalue weighted by Gasteiger charge is 2.29. The molecule has 150 valence electrons. The van der Waals surface area contributed by atoms with Crippen molar-refractivity contribution in [1.29, 1.82) is 0 Å². The first kappa shape index (κ1) is 21.1. The summed E-state index contributed by atoms with van der Waals surface area (Å²) in [6, 6.07) is 7.26. The summed E-state index contributed by atoms with van der Waals surface area (Å²) in [5.74, 6) is 0. The second-order valence-corrected chi connectivity index (χ2v) is 10.5. The summed E-state index contributed by atoms with van der Waals surface area (Å²) in [6.07, 6.45) is 1.71. The molecule has 0 fully saturated rings. The van der Waals surface area contributed by atoms with Crippen molar-refractivity contribution >= 4 is 46.2 Å². The second kappa shape index (κ2) is 8.04. The predicted octanol–water partition coefficient (Wildman–Crippen LogP) is 4.20. The highest BCUT2D eigenvalue weighted by molar-refractivity contribution is 7.90. The molecular formula is C19H23ClN4O2S2. The van der Waals surface area contributed by atoms with Crippen LogP contribution in [0.5, 0.6) is 0 Å². The lowest BCUT2D eigenvalue weighted by molar-refractivity contribution is 0.530. The number of aromatic nitrogens is 3. The second-order valence-electron chi connectivity index (χ2n) is 7.65. The maximum absolute atomic E-state index is 12.5. The summed E-state index contributed by atoms with van der Waals surface area (Å²) in [6.45, 7) is 8.17. The zero-order valence-corrected chi connectivity index (χ0v) is 18.5. The first-order chi connectivity index (χ1) is 13.1. The summed E-state index contributed by atoms with van der Waals surface area (Å²) >= 11 is 10.4. The molecule has 3 N–H and O–H groups in total. The normalized spacial score (nSPS) is 14.4. The van der Waals surface area contributed by atoms with Gasteiger partial charge in [-0.2, -0.15) is 0 Å². The molecule has 0 radical (unpaired) electrons. The van der Waals surface area contributed by atoms with Crippen molar-refractivity contribution in [1.82, 2.24) is 19.3 Å². The third-order valence-electron chi connectivity index (χ3n) is 4.45. The van der Waals surface area contributed by atoms with E-state index in [9.17, 15) is 9.35 Å². The van der Waals surface area contributed by atoms with Crippen LogP contribution in [-0.4, -0.2) is 23.8 Å². The van der Waals surface area contributed by atoms with Gasteiger partial charge in [0.15, 0.2) is 4.77 Å². The SMILES string of the molecule is CC(N[S@+]([O-])C(C)(C)C)c1cc(Cl)ccc1Cn1c(=S)[nH]c(=O)c2[nH]ccc21. The lowest BCUT2D eigenvalue weighted by atomic mass is 10.0. The Kier molecular flexibility index (Phi) is 6.07. The van der Waals surface area contributed by atoms with E-state index in [1.54, 1.807) is 6.20 Å². The van der Waals surface area contributed by atoms with Crippen LogP contribution in [0.15, 0.2) is 35.3 Å². The average molecular weight is 439 g/mol. The monoisotopic (exact) mass is 438 g/mol. The average Bonchev–Trinajstić information content (AvgIpc) is 3.08. The maximum Gasteiger partial charge on any atom is 0.276 e. The molecule has 0 saturated carbocycles. The number of benzene rings is 1. The fourth-order valence-electron chi connectivity index (χ4n) is 2.95. The molecule has 2 aromatic heterocycles. The van der Waals surface area contributed by atoms with Gasteiger partial charge in [0.2, 0.25) is 0 Å². The predicted molar refractivity (Wildman–Crippen MR) is 118 cm³/mol. The molecule has 0 aliphatic rings. The summed E-state index contributed by atoms with van der Waals surface area (Å²) in [4.78, 5) is 17.7. The van der Waals surface area contributed by atoms with Gasteiger partial charge in [-0.15, -0.1) is 4.72 Å². The fourth-order valence-corrected chi connectivity index (χ4v) is 4.18. The minimum absolute atomic E-state index is 0.188. The van der Waals surface area contributed by atoms with Gasteiger partial charge in [-0.1, -0.05) is 17.7 Å². The van der Waals surface area contributed by atoms with Gasteiger partial charge in [-0.3, -0.25) is 9.78 Å². The Hall–Kier alpha value is -1.58. The van der Waals surface area contributed by atoms with E-state index in [0.29, 0.717) is 21.9 Å². The summed E-state index contributed by atoms with van der Waals surface area (Å²) in [7, 11) is 0. The van der Waals surface area contributed by atoms with Crippen molar-refractivity contribution in [2.75, 3.05) is 0 Å². The van der Waals surface area contributed by atoms with Gasteiger partial charge in [-0.25, -0.2) is 0 Å². The van der Waals surface area contributed by atoms with E-state index in [2.05, 4.69) is 14.7 Å². The zero-order valence-electron chi connectivity index (χ0n) is 16.1. The number of hydrogen-bond acceptors (Lipinski definition) is 4. The smallest absolute Gasteiger partial charge is 0.276 e. The molecule has 0 spiro atoms. The van der Waals surface area contributed by atoms with Crippen molar-refractivity contribution in [3.8, 4) is 0 Å². The Morgan fingerprint density at radius 1 is 1.36 bits per heavy atom. The van der Waals surface area contributed by atoms with Crippen molar-refractivity contribution in [3.05, 3.63) is 61.7 Å². The molecule has 2 atom stereocenters. The van der Waals surface area contributed by atoms with E-state index >= 15 is 0 Å². The van der Waals surface area contributed by atoms with Crippen LogP contribution in [0.25, 0.3) is 11.0 Å². The molecule has 0 saturated heterocycles. The molecule has 0 aliphatic heterocycles. The standard InChI is InChI=1S/C19H23ClN4O2S2/c1-11(23-28(26)19(2,3)4)14-9-13(20)6-5-12(14)10-24-15-7-8-21-16(15)17(25)22-18(24)27/h5-9,11,21,23H,10H2,1-4H3,(H,22,25,27)/t11?,28-/m1/s1. The van der Waals surface area contributed by atoms with Crippen molar-refractivity contribution in [2.45, 2.75) is 45.0 Å². The van der Waals surface area contributed by atoms with Crippen LogP contribution >= 0.6 is 23.8 Å². The number of fused-ring (bicyclic) bond motifs is 1. The van der Waals surface area contributed by atoms with Gasteiger partial charge >= 0.3 is 0 Å². The molecule has 0 aliphatic carbocycles. The Labute approximate surface area is 176 Å². The molecule has 1 aromatic carbocycles. The van der Waals surface area contributed by atoms with Crippen molar-refractivity contribution < 1.29 is 4.55 Å². The van der Waals surface area contributed by atoms with Gasteiger partial charge in [0.25, 0.3) is 5.56 Å². The van der Waals surface area contributed by atoms with Crippen LogP contribution in [0.3, 0.4) is 0 Å². The van der Waals surface area contributed by atoms with Gasteiger partial charge in [0.05, 0.1) is 18.1 Å². The molecule has 3 rings (SSSR count). The van der Waals surface area contributed by atoms with Crippen molar-refractivity contribution in [2.24, 2.45) is 0 Å². The topological polar surface area (TPSA) is 88.7 Å². The summed E-state index contributed by atoms with van der Waals surface area (Å²) in [5.41, 5.74) is 2.87. The van der Waals surface area contributed by atoms with Crippen LogP contribution in [0.2, 0.25) is 5.02 Å². The first-order valence-corrected chi connectivity index (χ1v) is 10.8. The maximum atomic E-state index is 12.5. The molecule has 9 heteroatoms. The highest BCUT2D eigenvalue weighted by atomic mass is 35.5. The highest BCUT2D eigenvalue weighted by Crippen LogP contribution is 2.26. The lowest BCUT2D eigenvalue weighted by Crippen LogP contribution is -2.40. The van der Waals surface area contributed by atoms with Gasteiger partial charge in [0, 0.05) is 22.6 Å². The minimum atomic E-state index is -1.23. The number of aromatic amines is 2. The number of rotatable bonds is 5. The molecular weight excluding hydrogens is 416 g/mol. The fraction of sp³-hybridized carbons (Fsp3) is 0.368. The molecule has 2 heterocycles. The summed E-state index contributed by atoms with van der Waals surface area (Å²) < 4.78 is 17.5. The first-order valence-electron chi connectivity index (χ1n) is 8.84. The lowest BCUT2D eigenvalue weighted by Gasteiger charge is -2.27. The molecule has 3 aromatic rings. The zero-order chi connectivity index (χ0) is 20.6. The number of nitrogens with one attached hydrogen (secondary N) is 3. The van der Waals surface area contributed by atoms with Crippen LogP contribution < -0.4 is 10.3 Å². The van der Waals surface area contributed by atoms with Crippen LogP contribution in [0.1, 0.15) is 44.9 Å². The van der Waals surface area contributed by atoms with Crippen LogP contribution in [0.4, 0.5) is 0 Å². The minimum Gasteiger partial charge on any atom is -0.598 e. The molecule has 6 nitrogen and oxygen atoms in total. The van der Waals surface area contributed by atoms with E-state index in [1.165, 1.54) is 0 Å². The third kappa shape index (κ3) is 4.36. The third-order valence-corrected chi connectivity index (χ3v) is 6.69. The van der Waals surface area contributed by atoms with Gasteiger partial charge < -0.3 is 14.1 Å². The largest absolute Gasteiger partial charge is 0.598 e. The number of halogens is 1. The van der Waals surface area contributed by atoms with Crippen LogP contribution in [-0.2, 0) is 17.9 Å². The number of nitrogens with zero attached hydrogens (tertiary/aromatic N) is 1. The Morgan fingerprint density at radius 3 is 2.75 bits per heavy atom. The van der Waals surface area contributed by atoms with Gasteiger partial charge in [0.1, 0.15) is 10.3 Å². The Morgan fingerprint density at radius 2 is 2.07 bits per heavy atom.